The molecule has 0 bridgehead atoms. The first-order valence-corrected chi connectivity index (χ1v) is 9.80. The van der Waals surface area contributed by atoms with Gasteiger partial charge in [0.25, 0.3) is 0 Å². The summed E-state index contributed by atoms with van der Waals surface area (Å²) in [4.78, 5) is 9.04. The predicted molar refractivity (Wildman–Crippen MR) is 119 cm³/mol. The summed E-state index contributed by atoms with van der Waals surface area (Å²) in [5.74, 6) is 0.461. The van der Waals surface area contributed by atoms with Crippen LogP contribution in [0.2, 0.25) is 0 Å². The van der Waals surface area contributed by atoms with E-state index in [1.165, 1.54) is 12.1 Å². The van der Waals surface area contributed by atoms with Gasteiger partial charge in [0.15, 0.2) is 5.65 Å². The summed E-state index contributed by atoms with van der Waals surface area (Å²) in [7, 11) is 1.65. The number of ether oxygens (including phenoxy) is 1. The van der Waals surface area contributed by atoms with Crippen molar-refractivity contribution >= 4 is 17.0 Å². The molecular formula is C24H20FN5O. The molecule has 3 aromatic heterocycles. The SMILES string of the molecule is COc1cc(Nc2cccn3cc(-c4ccc(F)cc4)nc23)ccc1-n1cnc(C)c1. The minimum absolute atomic E-state index is 0.266. The molecule has 31 heavy (non-hydrogen) atoms. The van der Waals surface area contributed by atoms with Gasteiger partial charge in [-0.05, 0) is 55.5 Å². The highest BCUT2D eigenvalue weighted by Gasteiger charge is 2.11. The van der Waals surface area contributed by atoms with Gasteiger partial charge in [0.05, 0.1) is 36.2 Å². The van der Waals surface area contributed by atoms with E-state index in [9.17, 15) is 4.39 Å². The lowest BCUT2D eigenvalue weighted by atomic mass is 10.2. The molecule has 0 atom stereocenters. The smallest absolute Gasteiger partial charge is 0.161 e. The Bertz CT molecular complexity index is 1370. The van der Waals surface area contributed by atoms with Gasteiger partial charge in [0.1, 0.15) is 11.6 Å². The van der Waals surface area contributed by atoms with Crippen LogP contribution in [-0.2, 0) is 0 Å². The third kappa shape index (κ3) is 3.61. The van der Waals surface area contributed by atoms with Gasteiger partial charge in [-0.3, -0.25) is 0 Å². The number of hydrogen-bond donors (Lipinski definition) is 1. The molecule has 0 aliphatic rings. The number of halogens is 1. The van der Waals surface area contributed by atoms with Crippen LogP contribution in [0.4, 0.5) is 15.8 Å². The van der Waals surface area contributed by atoms with Gasteiger partial charge in [-0.15, -0.1) is 0 Å². The van der Waals surface area contributed by atoms with E-state index in [4.69, 9.17) is 9.72 Å². The number of pyridine rings is 1. The minimum Gasteiger partial charge on any atom is -0.494 e. The van der Waals surface area contributed by atoms with Crippen molar-refractivity contribution in [3.63, 3.8) is 0 Å². The van der Waals surface area contributed by atoms with Crippen molar-refractivity contribution in [3.8, 4) is 22.7 Å². The number of fused-ring (bicyclic) bond motifs is 1. The average molecular weight is 413 g/mol. The Morgan fingerprint density at radius 2 is 1.87 bits per heavy atom. The Morgan fingerprint density at radius 3 is 2.61 bits per heavy atom. The average Bonchev–Trinajstić information content (AvgIpc) is 3.41. The molecule has 3 heterocycles. The van der Waals surface area contributed by atoms with Crippen LogP contribution in [0.3, 0.4) is 0 Å². The monoisotopic (exact) mass is 413 g/mol. The van der Waals surface area contributed by atoms with E-state index in [-0.39, 0.29) is 5.82 Å². The Kier molecular flexibility index (Phi) is 4.63. The van der Waals surface area contributed by atoms with Crippen molar-refractivity contribution in [2.45, 2.75) is 6.92 Å². The number of aryl methyl sites for hydroxylation is 1. The maximum Gasteiger partial charge on any atom is 0.161 e. The van der Waals surface area contributed by atoms with Crippen LogP contribution in [0, 0.1) is 12.7 Å². The molecule has 0 spiro atoms. The summed E-state index contributed by atoms with van der Waals surface area (Å²) in [5.41, 5.74) is 5.98. The lowest BCUT2D eigenvalue weighted by Crippen LogP contribution is -1.99. The molecule has 7 heteroatoms. The first-order valence-electron chi connectivity index (χ1n) is 9.80. The standard InChI is InChI=1S/C24H20FN5O/c1-16-13-30(15-26-16)22-10-9-19(12-23(22)31-2)27-20-4-3-11-29-14-21(28-24(20)29)17-5-7-18(25)8-6-17/h3-15,27H,1-2H3. The maximum absolute atomic E-state index is 13.3. The van der Waals surface area contributed by atoms with Crippen LogP contribution in [0.25, 0.3) is 22.6 Å². The van der Waals surface area contributed by atoms with E-state index in [2.05, 4.69) is 10.3 Å². The zero-order valence-corrected chi connectivity index (χ0v) is 17.1. The van der Waals surface area contributed by atoms with Gasteiger partial charge < -0.3 is 19.0 Å². The second-order valence-corrected chi connectivity index (χ2v) is 7.22. The third-order valence-corrected chi connectivity index (χ3v) is 5.07. The van der Waals surface area contributed by atoms with Crippen LogP contribution in [0.1, 0.15) is 5.69 Å². The zero-order valence-electron chi connectivity index (χ0n) is 17.1. The van der Waals surface area contributed by atoms with Crippen molar-refractivity contribution < 1.29 is 9.13 Å². The fourth-order valence-corrected chi connectivity index (χ4v) is 3.55. The highest BCUT2D eigenvalue weighted by molar-refractivity contribution is 5.77. The molecule has 0 saturated heterocycles. The molecule has 0 aliphatic carbocycles. The normalized spacial score (nSPS) is 11.1. The van der Waals surface area contributed by atoms with Gasteiger partial charge in [0, 0.05) is 35.9 Å². The molecule has 0 radical (unpaired) electrons. The van der Waals surface area contributed by atoms with E-state index in [0.29, 0.717) is 0 Å². The van der Waals surface area contributed by atoms with Gasteiger partial charge in [-0.1, -0.05) is 0 Å². The molecule has 6 nitrogen and oxygen atoms in total. The highest BCUT2D eigenvalue weighted by Crippen LogP contribution is 2.30. The number of benzene rings is 2. The molecular weight excluding hydrogens is 393 g/mol. The highest BCUT2D eigenvalue weighted by atomic mass is 19.1. The number of hydrogen-bond acceptors (Lipinski definition) is 4. The molecule has 0 aliphatic heterocycles. The van der Waals surface area contributed by atoms with Crippen molar-refractivity contribution in [1.29, 1.82) is 0 Å². The number of methoxy groups -OCH3 is 1. The van der Waals surface area contributed by atoms with Crippen LogP contribution < -0.4 is 10.1 Å². The number of imidazole rings is 2. The summed E-state index contributed by atoms with van der Waals surface area (Å²) < 4.78 is 22.7. The summed E-state index contributed by atoms with van der Waals surface area (Å²) in [6, 6.07) is 16.2. The van der Waals surface area contributed by atoms with E-state index < -0.39 is 0 Å². The molecule has 0 fully saturated rings. The fourth-order valence-electron chi connectivity index (χ4n) is 3.55. The topological polar surface area (TPSA) is 56.4 Å². The summed E-state index contributed by atoms with van der Waals surface area (Å²) in [5, 5.41) is 3.43. The second kappa shape index (κ2) is 7.60. The quantitative estimate of drug-likeness (QED) is 0.420. The molecule has 0 amide bonds. The van der Waals surface area contributed by atoms with Gasteiger partial charge >= 0.3 is 0 Å². The van der Waals surface area contributed by atoms with Crippen LogP contribution in [0.5, 0.6) is 5.75 Å². The predicted octanol–water partition coefficient (Wildman–Crippen LogP) is 5.39. The van der Waals surface area contributed by atoms with E-state index >= 15 is 0 Å². The Hall–Kier alpha value is -4.13. The Morgan fingerprint density at radius 1 is 1.03 bits per heavy atom. The fraction of sp³-hybridized carbons (Fsp3) is 0.0833. The Balaban J connectivity index is 1.49. The third-order valence-electron chi connectivity index (χ3n) is 5.07. The molecule has 5 aromatic rings. The van der Waals surface area contributed by atoms with Gasteiger partial charge in [-0.25, -0.2) is 14.4 Å². The largest absolute Gasteiger partial charge is 0.494 e. The lowest BCUT2D eigenvalue weighted by molar-refractivity contribution is 0.413. The molecule has 0 unspecified atom stereocenters. The summed E-state index contributed by atoms with van der Waals surface area (Å²) in [6.07, 6.45) is 7.58. The zero-order chi connectivity index (χ0) is 21.4. The number of anilines is 2. The van der Waals surface area contributed by atoms with Crippen molar-refractivity contribution in [3.05, 3.63) is 91.0 Å². The molecule has 0 saturated carbocycles. The first-order chi connectivity index (χ1) is 15.1. The molecule has 154 valence electrons. The van der Waals surface area contributed by atoms with Crippen LogP contribution in [0.15, 0.2) is 79.5 Å². The molecule has 5 rings (SSSR count). The van der Waals surface area contributed by atoms with E-state index in [1.54, 1.807) is 25.6 Å². The van der Waals surface area contributed by atoms with Crippen molar-refractivity contribution in [2.24, 2.45) is 0 Å². The summed E-state index contributed by atoms with van der Waals surface area (Å²) in [6.45, 7) is 1.95. The van der Waals surface area contributed by atoms with E-state index in [0.717, 1.165) is 45.4 Å². The lowest BCUT2D eigenvalue weighted by Gasteiger charge is -2.13. The van der Waals surface area contributed by atoms with Crippen LogP contribution in [-0.4, -0.2) is 26.0 Å². The number of nitrogens with one attached hydrogen (secondary N) is 1. The van der Waals surface area contributed by atoms with Gasteiger partial charge in [-0.2, -0.15) is 0 Å². The summed E-state index contributed by atoms with van der Waals surface area (Å²) >= 11 is 0. The van der Waals surface area contributed by atoms with E-state index in [1.807, 2.05) is 64.8 Å². The van der Waals surface area contributed by atoms with Gasteiger partial charge in [0.2, 0.25) is 0 Å². The number of nitrogens with zero attached hydrogens (tertiary/aromatic N) is 4. The number of aromatic nitrogens is 4. The molecule has 1 N–H and O–H groups in total. The van der Waals surface area contributed by atoms with Crippen LogP contribution >= 0.6 is 0 Å². The molecule has 2 aromatic carbocycles. The van der Waals surface area contributed by atoms with Crippen molar-refractivity contribution in [1.82, 2.24) is 18.9 Å². The Labute approximate surface area is 178 Å². The maximum atomic E-state index is 13.3. The van der Waals surface area contributed by atoms with Crippen molar-refractivity contribution in [2.75, 3.05) is 12.4 Å². The first kappa shape index (κ1) is 18.9. The number of rotatable bonds is 5. The second-order valence-electron chi connectivity index (χ2n) is 7.22. The minimum atomic E-state index is -0.266.